The van der Waals surface area contributed by atoms with Crippen molar-refractivity contribution in [1.29, 1.82) is 0 Å². The number of carbonyl (C=O) groups is 2. The SMILES string of the molecule is O=C(O)c1cc(I)c(C(=O)O)c2ccccc12. The second-order valence-corrected chi connectivity index (χ2v) is 4.60. The third kappa shape index (κ3) is 1.97. The number of halogens is 1. The van der Waals surface area contributed by atoms with E-state index in [0.717, 1.165) is 0 Å². The summed E-state index contributed by atoms with van der Waals surface area (Å²) in [6, 6.07) is 7.99. The van der Waals surface area contributed by atoms with Crippen LogP contribution in [0.25, 0.3) is 10.8 Å². The first-order chi connectivity index (χ1) is 8.02. The van der Waals surface area contributed by atoms with Crippen molar-refractivity contribution in [3.63, 3.8) is 0 Å². The standard InChI is InChI=1S/C12H7IO4/c13-9-5-8(11(14)15)6-3-1-2-4-7(6)10(9)12(16)17/h1-5H,(H,14,15)(H,16,17). The molecule has 0 radical (unpaired) electrons. The average Bonchev–Trinajstić information content (AvgIpc) is 2.27. The lowest BCUT2D eigenvalue weighted by atomic mass is 9.99. The summed E-state index contributed by atoms with van der Waals surface area (Å²) in [7, 11) is 0. The predicted octanol–water partition coefficient (Wildman–Crippen LogP) is 2.84. The van der Waals surface area contributed by atoms with E-state index in [-0.39, 0.29) is 11.1 Å². The molecule has 0 amide bonds. The monoisotopic (exact) mass is 342 g/mol. The van der Waals surface area contributed by atoms with Crippen LogP contribution in [0.3, 0.4) is 0 Å². The molecule has 0 fully saturated rings. The molecule has 0 aromatic heterocycles. The van der Waals surface area contributed by atoms with Gasteiger partial charge in [-0.1, -0.05) is 24.3 Å². The average molecular weight is 342 g/mol. The van der Waals surface area contributed by atoms with Gasteiger partial charge < -0.3 is 10.2 Å². The van der Waals surface area contributed by atoms with E-state index >= 15 is 0 Å². The molecular formula is C12H7IO4. The molecule has 2 rings (SSSR count). The van der Waals surface area contributed by atoms with Gasteiger partial charge in [0.2, 0.25) is 0 Å². The second kappa shape index (κ2) is 4.33. The number of hydrogen-bond acceptors (Lipinski definition) is 2. The molecule has 2 aromatic carbocycles. The van der Waals surface area contributed by atoms with Gasteiger partial charge >= 0.3 is 11.9 Å². The molecule has 0 aliphatic rings. The zero-order valence-electron chi connectivity index (χ0n) is 8.48. The van der Waals surface area contributed by atoms with Crippen molar-refractivity contribution >= 4 is 45.3 Å². The molecule has 0 aliphatic carbocycles. The van der Waals surface area contributed by atoms with Crippen LogP contribution in [0.1, 0.15) is 20.7 Å². The van der Waals surface area contributed by atoms with Gasteiger partial charge in [-0.15, -0.1) is 0 Å². The van der Waals surface area contributed by atoms with Crippen molar-refractivity contribution in [1.82, 2.24) is 0 Å². The number of rotatable bonds is 2. The highest BCUT2D eigenvalue weighted by molar-refractivity contribution is 14.1. The molecular weight excluding hydrogens is 335 g/mol. The van der Waals surface area contributed by atoms with Gasteiger partial charge in [-0.05, 0) is 39.4 Å². The van der Waals surface area contributed by atoms with Crippen LogP contribution in [0.5, 0.6) is 0 Å². The zero-order valence-corrected chi connectivity index (χ0v) is 10.6. The van der Waals surface area contributed by atoms with Gasteiger partial charge in [0.05, 0.1) is 11.1 Å². The topological polar surface area (TPSA) is 74.6 Å². The molecule has 0 saturated heterocycles. The van der Waals surface area contributed by atoms with Crippen LogP contribution in [-0.4, -0.2) is 22.2 Å². The molecule has 2 N–H and O–H groups in total. The number of carboxylic acid groups (broad SMARTS) is 2. The molecule has 17 heavy (non-hydrogen) atoms. The fourth-order valence-corrected chi connectivity index (χ4v) is 2.57. The maximum atomic E-state index is 11.2. The van der Waals surface area contributed by atoms with Crippen molar-refractivity contribution in [3.05, 3.63) is 45.0 Å². The number of aromatic carboxylic acids is 2. The Morgan fingerprint density at radius 1 is 1.00 bits per heavy atom. The van der Waals surface area contributed by atoms with Crippen LogP contribution in [-0.2, 0) is 0 Å². The number of hydrogen-bond donors (Lipinski definition) is 2. The molecule has 0 unspecified atom stereocenters. The summed E-state index contributed by atoms with van der Waals surface area (Å²) < 4.78 is 0.422. The maximum Gasteiger partial charge on any atom is 0.337 e. The van der Waals surface area contributed by atoms with E-state index in [1.54, 1.807) is 24.3 Å². The van der Waals surface area contributed by atoms with Crippen LogP contribution in [0.2, 0.25) is 0 Å². The van der Waals surface area contributed by atoms with Gasteiger partial charge in [0.25, 0.3) is 0 Å². The fraction of sp³-hybridized carbons (Fsp3) is 0. The largest absolute Gasteiger partial charge is 0.478 e. The lowest BCUT2D eigenvalue weighted by molar-refractivity contribution is 0.0683. The van der Waals surface area contributed by atoms with Crippen LogP contribution >= 0.6 is 22.6 Å². The smallest absolute Gasteiger partial charge is 0.337 e. The van der Waals surface area contributed by atoms with Crippen molar-refractivity contribution in [2.24, 2.45) is 0 Å². The van der Waals surface area contributed by atoms with Crippen molar-refractivity contribution < 1.29 is 19.8 Å². The van der Waals surface area contributed by atoms with Gasteiger partial charge in [-0.25, -0.2) is 9.59 Å². The van der Waals surface area contributed by atoms with Gasteiger partial charge in [-0.2, -0.15) is 0 Å². The zero-order chi connectivity index (χ0) is 12.6. The minimum atomic E-state index is -1.06. The normalized spacial score (nSPS) is 10.4. The summed E-state index contributed by atoms with van der Waals surface area (Å²) in [6.45, 7) is 0. The van der Waals surface area contributed by atoms with Crippen LogP contribution in [0.15, 0.2) is 30.3 Å². The Hall–Kier alpha value is -1.63. The fourth-order valence-electron chi connectivity index (χ4n) is 1.74. The molecule has 0 bridgehead atoms. The summed E-state index contributed by atoms with van der Waals surface area (Å²) in [5, 5.41) is 19.1. The van der Waals surface area contributed by atoms with E-state index in [1.165, 1.54) is 6.07 Å². The lowest BCUT2D eigenvalue weighted by Gasteiger charge is -2.08. The summed E-state index contributed by atoms with van der Waals surface area (Å²) in [5.74, 6) is -2.11. The summed E-state index contributed by atoms with van der Waals surface area (Å²) in [4.78, 5) is 22.3. The van der Waals surface area contributed by atoms with E-state index in [2.05, 4.69) is 0 Å². The Morgan fingerprint density at radius 2 is 1.59 bits per heavy atom. The number of carboxylic acids is 2. The first-order valence-electron chi connectivity index (χ1n) is 4.70. The Balaban J connectivity index is 2.97. The molecule has 4 nitrogen and oxygen atoms in total. The van der Waals surface area contributed by atoms with Gasteiger partial charge in [-0.3, -0.25) is 0 Å². The third-order valence-electron chi connectivity index (χ3n) is 2.44. The summed E-state index contributed by atoms with van der Waals surface area (Å²) in [5.41, 5.74) is 0.265. The molecule has 2 aromatic rings. The van der Waals surface area contributed by atoms with E-state index < -0.39 is 11.9 Å². The quantitative estimate of drug-likeness (QED) is 0.823. The Morgan fingerprint density at radius 3 is 2.12 bits per heavy atom. The Labute approximate surface area is 110 Å². The molecule has 0 aliphatic heterocycles. The van der Waals surface area contributed by atoms with Crippen molar-refractivity contribution in [2.75, 3.05) is 0 Å². The number of benzene rings is 2. The Bertz CT molecular complexity index is 634. The summed E-state index contributed by atoms with van der Waals surface area (Å²) >= 11 is 1.84. The second-order valence-electron chi connectivity index (χ2n) is 3.44. The highest BCUT2D eigenvalue weighted by Crippen LogP contribution is 2.27. The molecule has 0 heterocycles. The first-order valence-corrected chi connectivity index (χ1v) is 5.78. The van der Waals surface area contributed by atoms with Crippen LogP contribution in [0.4, 0.5) is 0 Å². The number of fused-ring (bicyclic) bond motifs is 1. The van der Waals surface area contributed by atoms with Gasteiger partial charge in [0, 0.05) is 3.57 Å². The molecule has 5 heteroatoms. The lowest BCUT2D eigenvalue weighted by Crippen LogP contribution is -2.06. The third-order valence-corrected chi connectivity index (χ3v) is 3.29. The van der Waals surface area contributed by atoms with E-state index in [0.29, 0.717) is 14.3 Å². The van der Waals surface area contributed by atoms with Crippen LogP contribution < -0.4 is 0 Å². The van der Waals surface area contributed by atoms with E-state index in [9.17, 15) is 9.59 Å². The highest BCUT2D eigenvalue weighted by Gasteiger charge is 2.18. The van der Waals surface area contributed by atoms with Gasteiger partial charge in [0.1, 0.15) is 0 Å². The van der Waals surface area contributed by atoms with E-state index in [1.807, 2.05) is 22.6 Å². The minimum absolute atomic E-state index is 0.120. The minimum Gasteiger partial charge on any atom is -0.478 e. The molecule has 0 spiro atoms. The first kappa shape index (κ1) is 11.8. The molecule has 0 saturated carbocycles. The highest BCUT2D eigenvalue weighted by atomic mass is 127. The van der Waals surface area contributed by atoms with Crippen molar-refractivity contribution in [2.45, 2.75) is 0 Å². The predicted molar refractivity (Wildman–Crippen MR) is 70.6 cm³/mol. The summed E-state index contributed by atoms with van der Waals surface area (Å²) in [6.07, 6.45) is 0. The molecule has 86 valence electrons. The van der Waals surface area contributed by atoms with Crippen molar-refractivity contribution in [3.8, 4) is 0 Å². The maximum absolute atomic E-state index is 11.2. The Kier molecular flexibility index (Phi) is 3.01. The van der Waals surface area contributed by atoms with E-state index in [4.69, 9.17) is 10.2 Å². The molecule has 0 atom stereocenters. The van der Waals surface area contributed by atoms with Gasteiger partial charge in [0.15, 0.2) is 0 Å². The van der Waals surface area contributed by atoms with Crippen LogP contribution in [0, 0.1) is 3.57 Å².